The molecule has 0 saturated carbocycles. The Morgan fingerprint density at radius 1 is 0.569 bits per heavy atom. The predicted octanol–water partition coefficient (Wildman–Crippen LogP) is -0.505. The number of carbonyl (C=O) groups is 19. The topological polar surface area (TPSA) is 649 Å². The largest absolute Gasteiger partial charge is 0.391 e. The zero-order valence-electron chi connectivity index (χ0n) is 79.1. The molecule has 2 aromatic heterocycles. The van der Waals surface area contributed by atoms with Crippen LogP contribution in [0.4, 0.5) is 0 Å². The van der Waals surface area contributed by atoms with Crippen molar-refractivity contribution in [3.63, 3.8) is 0 Å². The van der Waals surface area contributed by atoms with Gasteiger partial charge >= 0.3 is 0 Å². The quantitative estimate of drug-likeness (QED) is 0.0169. The first kappa shape index (κ1) is 111. The molecule has 0 spiro atoms. The number of hydrogen-bond donors (Lipinski definition) is 20. The Labute approximate surface area is 801 Å². The SMILES string of the molecule is CC(=O)CN(C)C(=O)[C@H](Cc1cccnc1)NC(=O)[C@H](CC(N)=O)NC(=O)[C@H](CCCCNC(C)=O)NC(=O)[C@](C)(CCCCN)NC(=O)[C@H](Cc1ccc2ccccc2c1)NC(=O)[C@H](Cc1ccc(C(N)=O)cc1)NC(=O)[C@H]1NC(=O)[C@H](CCCCNC(C)=O)NC(=O)[C@H](Cc2c[nH]c3c(C)cccc23)NC(=O)[C@H]([C@@H](C)O)NC(=O)[C@H](CC(N)=O)NC(=O)[C@@H](NC(C)=O)C(C)(C)SSC1(C)C. The minimum atomic E-state index is -2.08. The van der Waals surface area contributed by atoms with E-state index in [4.69, 9.17) is 22.9 Å². The molecule has 0 aliphatic carbocycles. The number of benzene rings is 4. The molecule has 43 heteroatoms. The summed E-state index contributed by atoms with van der Waals surface area (Å²) in [6, 6.07) is 7.36. The summed E-state index contributed by atoms with van der Waals surface area (Å²) in [7, 11) is 3.10. The van der Waals surface area contributed by atoms with E-state index in [-0.39, 0.29) is 132 Å². The van der Waals surface area contributed by atoms with Gasteiger partial charge in [0.2, 0.25) is 106 Å². The summed E-state index contributed by atoms with van der Waals surface area (Å²) in [4.78, 5) is 280. The molecular weight excluding hydrogens is 1810 g/mol. The van der Waals surface area contributed by atoms with Gasteiger partial charge in [0.25, 0.3) is 0 Å². The molecule has 18 amide bonds. The number of nitrogens with two attached hydrogens (primary N) is 4. The molecule has 13 atom stereocenters. The number of fused-ring (bicyclic) bond motifs is 2. The number of aliphatic hydroxyl groups excluding tert-OH is 1. The van der Waals surface area contributed by atoms with E-state index in [0.717, 1.165) is 51.3 Å². The van der Waals surface area contributed by atoms with Gasteiger partial charge in [0, 0.05) is 111 Å². The Bertz CT molecular complexity index is 5370. The van der Waals surface area contributed by atoms with Crippen molar-refractivity contribution in [3.8, 4) is 0 Å². The number of aromatic amines is 1. The lowest BCUT2D eigenvalue weighted by Gasteiger charge is -2.39. The average Bonchev–Trinajstić information content (AvgIpc) is 1.79. The number of carbonyl (C=O) groups excluding carboxylic acids is 19. The molecule has 1 aliphatic heterocycles. The molecule has 742 valence electrons. The molecule has 1 fully saturated rings. The van der Waals surface area contributed by atoms with Gasteiger partial charge in [0.15, 0.2) is 0 Å². The van der Waals surface area contributed by atoms with Gasteiger partial charge in [-0.05, 0) is 177 Å². The van der Waals surface area contributed by atoms with Crippen molar-refractivity contribution in [1.82, 2.24) is 89.3 Å². The number of aromatic nitrogens is 2. The summed E-state index contributed by atoms with van der Waals surface area (Å²) < 4.78 is -3.29. The fraction of sp³-hybridized carbons (Fsp3) is 0.489. The number of unbranched alkanes of at least 4 members (excludes halogenated alkanes) is 3. The van der Waals surface area contributed by atoms with Crippen LogP contribution in [-0.2, 0) is 112 Å². The average molecular weight is 1940 g/mol. The van der Waals surface area contributed by atoms with Crippen LogP contribution in [0.2, 0.25) is 0 Å². The number of amides is 18. The second-order valence-electron chi connectivity index (χ2n) is 35.6. The summed E-state index contributed by atoms with van der Waals surface area (Å²) in [6.07, 6.45) is 0.00498. The number of primary amides is 3. The Morgan fingerprint density at radius 3 is 1.77 bits per heavy atom. The number of nitrogens with one attached hydrogen (secondary N) is 15. The molecule has 41 nitrogen and oxygen atoms in total. The third kappa shape index (κ3) is 34.4. The van der Waals surface area contributed by atoms with Crippen LogP contribution >= 0.6 is 21.6 Å². The van der Waals surface area contributed by atoms with E-state index in [1.54, 1.807) is 66.9 Å². The van der Waals surface area contributed by atoms with Crippen molar-refractivity contribution in [1.29, 1.82) is 0 Å². The number of aliphatic hydroxyl groups is 1. The molecule has 0 radical (unpaired) electrons. The van der Waals surface area contributed by atoms with E-state index < -0.39 is 201 Å². The lowest BCUT2D eigenvalue weighted by molar-refractivity contribution is -0.139. The van der Waals surface area contributed by atoms with E-state index in [0.29, 0.717) is 33.0 Å². The fourth-order valence-corrected chi connectivity index (χ4v) is 18.2. The van der Waals surface area contributed by atoms with Gasteiger partial charge in [-0.15, -0.1) is 0 Å². The molecular formula is C94H129N21O20S2. The van der Waals surface area contributed by atoms with E-state index in [9.17, 15) is 62.6 Å². The molecule has 1 saturated heterocycles. The molecule has 3 heterocycles. The Kier molecular flexibility index (Phi) is 42.0. The van der Waals surface area contributed by atoms with Crippen LogP contribution in [0.5, 0.6) is 0 Å². The first-order valence-corrected chi connectivity index (χ1v) is 47.2. The maximum atomic E-state index is 16.4. The van der Waals surface area contributed by atoms with Crippen LogP contribution < -0.4 is 97.4 Å². The fourth-order valence-electron chi connectivity index (χ4n) is 15.4. The monoisotopic (exact) mass is 1940 g/mol. The van der Waals surface area contributed by atoms with Gasteiger partial charge in [0.1, 0.15) is 77.8 Å². The molecule has 137 heavy (non-hydrogen) atoms. The highest BCUT2D eigenvalue weighted by molar-refractivity contribution is 8.77. The number of aryl methyl sites for hydroxylation is 1. The van der Waals surface area contributed by atoms with Gasteiger partial charge in [-0.1, -0.05) is 100 Å². The Morgan fingerprint density at radius 2 is 1.15 bits per heavy atom. The number of hydrogen-bond acceptors (Lipinski definition) is 24. The van der Waals surface area contributed by atoms with E-state index in [2.05, 4.69) is 84.4 Å². The summed E-state index contributed by atoms with van der Waals surface area (Å²) in [5.74, 6) is -17.6. The third-order valence-corrected chi connectivity index (χ3v) is 27.2. The number of nitrogens with zero attached hydrogens (tertiary/aromatic N) is 2. The van der Waals surface area contributed by atoms with Crippen LogP contribution in [0.15, 0.2) is 116 Å². The standard InChI is InChI=1S/C94H129N21O20S2/c1-51-23-21-27-64-63(49-102-75(51)64)45-69-83(127)104-65(28-15-19-39-100-54(4)118)81(125)113-78(93(9,10)137-136-92(7,8)77(103-56(6)120)88(132)109-71(47-74(97)122)85(129)112-76(53(3)117)87(131)107-69)89(133)108-67(42-57-30-34-61(35-31-57)79(98)123)82(126)105-68(43-58-32-33-60-25-13-14-26-62(60)41-58)86(130)114-94(11,36-17-18-37-95)91(135)111-66(29-16-20-40-101-55(5)119)80(124)106-70(46-73(96)121)84(128)110-72(44-59-24-22-38-99-48-59)90(134)115(12)50-52(2)116/h13-14,21-27,30-35,38,41,48-49,53,65-72,76-78,102,117H,15-20,28-29,36-37,39-40,42-47,50,95H2,1-12H3,(H2,96,121)(H2,97,122)(H2,98,123)(H,100,118)(H,101,119)(H,103,120)(H,104,127)(H,105,126)(H,106,124)(H,107,131)(H,108,133)(H,109,132)(H,110,128)(H,111,135)(H,112,129)(H,113,125)(H,114,130)/t53-,65+,66+,67+,68+,69+,70+,71+,72+,76+,77-,78-,94+/m1/s1. The first-order chi connectivity index (χ1) is 64.6. The third-order valence-electron chi connectivity index (χ3n) is 22.9. The highest BCUT2D eigenvalue weighted by Crippen LogP contribution is 2.47. The van der Waals surface area contributed by atoms with Crippen molar-refractivity contribution in [2.24, 2.45) is 22.9 Å². The predicted molar refractivity (Wildman–Crippen MR) is 513 cm³/mol. The molecule has 1 aliphatic rings. The van der Waals surface area contributed by atoms with E-state index in [1.165, 1.54) is 99.1 Å². The van der Waals surface area contributed by atoms with Crippen molar-refractivity contribution >= 4 is 155 Å². The highest BCUT2D eigenvalue weighted by atomic mass is 33.1. The molecule has 0 bridgehead atoms. The number of Topliss-reactive ketones (excluding diaryl/α,β-unsaturated/α-hetero) is 1. The number of H-pyrrole nitrogens is 1. The van der Waals surface area contributed by atoms with Crippen LogP contribution in [-0.4, -0.2) is 253 Å². The van der Waals surface area contributed by atoms with Crippen LogP contribution in [0.1, 0.15) is 178 Å². The Hall–Kier alpha value is -13.4. The Balaban J connectivity index is 1.36. The van der Waals surface area contributed by atoms with Gasteiger partial charge < -0.3 is 112 Å². The van der Waals surface area contributed by atoms with Crippen molar-refractivity contribution in [3.05, 3.63) is 149 Å². The maximum Gasteiger partial charge on any atom is 0.248 e. The molecule has 7 rings (SSSR count). The molecule has 24 N–H and O–H groups in total. The normalized spacial score (nSPS) is 18.8. The minimum Gasteiger partial charge on any atom is -0.391 e. The lowest BCUT2D eigenvalue weighted by Crippen LogP contribution is -2.65. The molecule has 4 aromatic carbocycles. The van der Waals surface area contributed by atoms with Gasteiger partial charge in [-0.3, -0.25) is 96.1 Å². The van der Waals surface area contributed by atoms with Gasteiger partial charge in [0.05, 0.1) is 25.5 Å². The zero-order chi connectivity index (χ0) is 101. The number of likely N-dealkylation sites (N-methyl/N-ethyl adjacent to an activating group) is 1. The van der Waals surface area contributed by atoms with Crippen molar-refractivity contribution in [2.75, 3.05) is 33.2 Å². The minimum absolute atomic E-state index is 0.0304. The lowest BCUT2D eigenvalue weighted by atomic mass is 9.91. The summed E-state index contributed by atoms with van der Waals surface area (Å²) in [6.45, 7) is 15.2. The number of ketones is 1. The van der Waals surface area contributed by atoms with E-state index in [1.807, 2.05) is 19.1 Å². The zero-order valence-corrected chi connectivity index (χ0v) is 80.7. The van der Waals surface area contributed by atoms with Crippen LogP contribution in [0, 0.1) is 6.92 Å². The summed E-state index contributed by atoms with van der Waals surface area (Å²) in [5, 5.41) is 50.8. The number of pyridine rings is 1. The second-order valence-corrected chi connectivity index (χ2v) is 39.1. The summed E-state index contributed by atoms with van der Waals surface area (Å²) in [5.41, 5.74) is 24.2. The smallest absolute Gasteiger partial charge is 0.248 e. The highest BCUT2D eigenvalue weighted by Gasteiger charge is 2.48. The number of para-hydroxylation sites is 1. The summed E-state index contributed by atoms with van der Waals surface area (Å²) >= 11 is 0. The molecule has 0 unspecified atom stereocenters. The van der Waals surface area contributed by atoms with Gasteiger partial charge in [-0.2, -0.15) is 0 Å². The van der Waals surface area contributed by atoms with Crippen molar-refractivity contribution in [2.45, 2.75) is 260 Å². The van der Waals surface area contributed by atoms with Crippen LogP contribution in [0.25, 0.3) is 21.7 Å². The second kappa shape index (κ2) is 52.0. The number of rotatable bonds is 44. The van der Waals surface area contributed by atoms with Crippen LogP contribution in [0.3, 0.4) is 0 Å². The van der Waals surface area contributed by atoms with E-state index >= 15 is 33.6 Å². The van der Waals surface area contributed by atoms with Crippen molar-refractivity contribution < 1.29 is 96.2 Å². The first-order valence-electron chi connectivity index (χ1n) is 45.1. The maximum absolute atomic E-state index is 16.4. The van der Waals surface area contributed by atoms with Gasteiger partial charge in [-0.25, -0.2) is 0 Å². The molecule has 6 aromatic rings.